The zero-order valence-corrected chi connectivity index (χ0v) is 11.7. The number of anilines is 1. The van der Waals surface area contributed by atoms with Crippen molar-refractivity contribution in [3.63, 3.8) is 0 Å². The van der Waals surface area contributed by atoms with E-state index < -0.39 is 5.97 Å². The van der Waals surface area contributed by atoms with Crippen molar-refractivity contribution in [2.24, 2.45) is 10.2 Å². The van der Waals surface area contributed by atoms with Crippen molar-refractivity contribution in [2.45, 2.75) is 6.92 Å². The molecule has 0 atom stereocenters. The van der Waals surface area contributed by atoms with E-state index in [-0.39, 0.29) is 5.56 Å². The molecule has 0 saturated heterocycles. The van der Waals surface area contributed by atoms with Gasteiger partial charge in [0, 0.05) is 13.2 Å². The summed E-state index contributed by atoms with van der Waals surface area (Å²) in [5.74, 6) is -0.597. The molecule has 0 aliphatic heterocycles. The van der Waals surface area contributed by atoms with Crippen LogP contribution < -0.4 is 16.2 Å². The van der Waals surface area contributed by atoms with E-state index in [9.17, 15) is 4.79 Å². The smallest absolute Gasteiger partial charge is 0.337 e. The van der Waals surface area contributed by atoms with Gasteiger partial charge in [-0.1, -0.05) is 0 Å². The minimum atomic E-state index is -1.03. The molecular weight excluding hydrogens is 280 g/mol. The standard InChI is InChI=1S/C11H14N6O2S/c1-7(15-17-11(20)12-2)5-14-16-9-4-3-8(6-13-9)10(18)19/h3-6H,1-2H3,(H,13,16)(H,18,19)(H2,12,17,20). The van der Waals surface area contributed by atoms with Gasteiger partial charge in [-0.15, -0.1) is 0 Å². The first-order valence-corrected chi connectivity index (χ1v) is 5.94. The normalized spacial score (nSPS) is 11.2. The lowest BCUT2D eigenvalue weighted by atomic mass is 10.3. The van der Waals surface area contributed by atoms with Gasteiger partial charge in [0.1, 0.15) is 5.82 Å². The van der Waals surface area contributed by atoms with E-state index in [0.29, 0.717) is 16.6 Å². The summed E-state index contributed by atoms with van der Waals surface area (Å²) in [4.78, 5) is 14.5. The van der Waals surface area contributed by atoms with Gasteiger partial charge in [-0.25, -0.2) is 9.78 Å². The van der Waals surface area contributed by atoms with Crippen LogP contribution in [-0.2, 0) is 0 Å². The van der Waals surface area contributed by atoms with E-state index in [1.54, 1.807) is 14.0 Å². The fraction of sp³-hybridized carbons (Fsp3) is 0.182. The summed E-state index contributed by atoms with van der Waals surface area (Å²) in [6, 6.07) is 2.95. The fourth-order valence-corrected chi connectivity index (χ4v) is 1.05. The molecule has 1 aromatic heterocycles. The monoisotopic (exact) mass is 294 g/mol. The summed E-state index contributed by atoms with van der Waals surface area (Å²) in [6.07, 6.45) is 2.71. The number of hydrazone groups is 2. The molecule has 0 fully saturated rings. The highest BCUT2D eigenvalue weighted by molar-refractivity contribution is 7.80. The van der Waals surface area contributed by atoms with Crippen LogP contribution in [0.25, 0.3) is 0 Å². The van der Waals surface area contributed by atoms with Crippen LogP contribution in [0.1, 0.15) is 17.3 Å². The van der Waals surface area contributed by atoms with Gasteiger partial charge in [0.15, 0.2) is 5.11 Å². The zero-order valence-electron chi connectivity index (χ0n) is 10.9. The van der Waals surface area contributed by atoms with Crippen molar-refractivity contribution in [3.05, 3.63) is 23.9 Å². The molecule has 4 N–H and O–H groups in total. The van der Waals surface area contributed by atoms with Crippen molar-refractivity contribution in [1.82, 2.24) is 15.7 Å². The molecule has 20 heavy (non-hydrogen) atoms. The number of pyridine rings is 1. The predicted octanol–water partition coefficient (Wildman–Crippen LogP) is 0.647. The molecule has 0 aliphatic carbocycles. The maximum atomic E-state index is 10.6. The minimum Gasteiger partial charge on any atom is -0.478 e. The summed E-state index contributed by atoms with van der Waals surface area (Å²) in [5.41, 5.74) is 5.97. The Labute approximate surface area is 121 Å². The van der Waals surface area contributed by atoms with E-state index in [1.807, 2.05) is 0 Å². The van der Waals surface area contributed by atoms with Gasteiger partial charge in [0.25, 0.3) is 0 Å². The van der Waals surface area contributed by atoms with Crippen molar-refractivity contribution in [2.75, 3.05) is 12.5 Å². The van der Waals surface area contributed by atoms with Gasteiger partial charge in [-0.2, -0.15) is 10.2 Å². The number of nitrogens with zero attached hydrogens (tertiary/aromatic N) is 3. The van der Waals surface area contributed by atoms with Crippen LogP contribution in [0, 0.1) is 0 Å². The Morgan fingerprint density at radius 2 is 2.25 bits per heavy atom. The molecule has 1 heterocycles. The van der Waals surface area contributed by atoms with Gasteiger partial charge < -0.3 is 10.4 Å². The Morgan fingerprint density at radius 1 is 1.50 bits per heavy atom. The third-order valence-electron chi connectivity index (χ3n) is 2.00. The number of rotatable bonds is 5. The van der Waals surface area contributed by atoms with Gasteiger partial charge >= 0.3 is 5.97 Å². The molecule has 8 nitrogen and oxygen atoms in total. The predicted molar refractivity (Wildman–Crippen MR) is 81.2 cm³/mol. The number of aromatic carboxylic acids is 1. The van der Waals surface area contributed by atoms with Crippen LogP contribution in [0.2, 0.25) is 0 Å². The Balaban J connectivity index is 2.51. The van der Waals surface area contributed by atoms with Gasteiger partial charge in [0.05, 0.1) is 17.5 Å². The van der Waals surface area contributed by atoms with Crippen molar-refractivity contribution in [3.8, 4) is 0 Å². The molecule has 1 aromatic rings. The number of nitrogens with one attached hydrogen (secondary N) is 3. The summed E-state index contributed by atoms with van der Waals surface area (Å²) in [7, 11) is 1.68. The molecule has 0 unspecified atom stereocenters. The molecule has 0 amide bonds. The molecule has 0 radical (unpaired) electrons. The summed E-state index contributed by atoms with van der Waals surface area (Å²) in [5, 5.41) is 19.7. The lowest BCUT2D eigenvalue weighted by Gasteiger charge is -2.01. The Morgan fingerprint density at radius 3 is 2.80 bits per heavy atom. The van der Waals surface area contributed by atoms with E-state index in [4.69, 9.17) is 17.3 Å². The van der Waals surface area contributed by atoms with Crippen LogP contribution in [0.4, 0.5) is 5.82 Å². The second kappa shape index (κ2) is 7.79. The van der Waals surface area contributed by atoms with Crippen LogP contribution in [0.15, 0.2) is 28.5 Å². The third kappa shape index (κ3) is 5.40. The van der Waals surface area contributed by atoms with Crippen molar-refractivity contribution < 1.29 is 9.90 Å². The van der Waals surface area contributed by atoms with E-state index in [0.717, 1.165) is 0 Å². The number of aromatic nitrogens is 1. The van der Waals surface area contributed by atoms with Crippen LogP contribution >= 0.6 is 12.2 Å². The minimum absolute atomic E-state index is 0.113. The molecule has 0 bridgehead atoms. The summed E-state index contributed by atoms with van der Waals surface area (Å²) in [6.45, 7) is 1.73. The third-order valence-corrected chi connectivity index (χ3v) is 2.30. The Hall–Kier alpha value is -2.55. The average molecular weight is 294 g/mol. The van der Waals surface area contributed by atoms with Crippen LogP contribution in [-0.4, -0.2) is 40.1 Å². The van der Waals surface area contributed by atoms with Gasteiger partial charge in [0.2, 0.25) is 0 Å². The van der Waals surface area contributed by atoms with Crippen LogP contribution in [0.3, 0.4) is 0 Å². The number of hydrogen-bond donors (Lipinski definition) is 4. The number of carboxylic acids is 1. The fourth-order valence-electron chi connectivity index (χ4n) is 1.00. The van der Waals surface area contributed by atoms with E-state index in [1.165, 1.54) is 24.5 Å². The molecule has 0 aromatic carbocycles. The lowest BCUT2D eigenvalue weighted by Crippen LogP contribution is -2.29. The number of carboxylic acid groups (broad SMARTS) is 1. The Kier molecular flexibility index (Phi) is 6.04. The zero-order chi connectivity index (χ0) is 15.0. The first kappa shape index (κ1) is 15.5. The average Bonchev–Trinajstić information content (AvgIpc) is 2.45. The lowest BCUT2D eigenvalue weighted by molar-refractivity contribution is 0.0696. The van der Waals surface area contributed by atoms with Gasteiger partial charge in [-0.05, 0) is 31.3 Å². The highest BCUT2D eigenvalue weighted by Crippen LogP contribution is 2.04. The van der Waals surface area contributed by atoms with Crippen molar-refractivity contribution >= 4 is 41.0 Å². The molecular formula is C11H14N6O2S. The molecule has 1 rings (SSSR count). The first-order valence-electron chi connectivity index (χ1n) is 5.53. The quantitative estimate of drug-likeness (QED) is 0.358. The highest BCUT2D eigenvalue weighted by Gasteiger charge is 2.01. The van der Waals surface area contributed by atoms with E-state index >= 15 is 0 Å². The SMILES string of the molecule is CNC(=S)NN=C(C)C=NNc1ccc(C(=O)O)cn1. The number of carbonyl (C=O) groups is 1. The first-order chi connectivity index (χ1) is 9.52. The largest absolute Gasteiger partial charge is 0.478 e. The number of thiocarbonyl (C=S) groups is 1. The second-order valence-corrected chi connectivity index (χ2v) is 3.96. The number of hydrogen-bond acceptors (Lipinski definition) is 6. The topological polar surface area (TPSA) is 111 Å². The maximum absolute atomic E-state index is 10.6. The maximum Gasteiger partial charge on any atom is 0.337 e. The van der Waals surface area contributed by atoms with Crippen molar-refractivity contribution in [1.29, 1.82) is 0 Å². The molecule has 0 saturated carbocycles. The second-order valence-electron chi connectivity index (χ2n) is 3.55. The molecule has 0 spiro atoms. The van der Waals surface area contributed by atoms with E-state index in [2.05, 4.69) is 31.4 Å². The highest BCUT2D eigenvalue weighted by atomic mass is 32.1. The Bertz CT molecular complexity index is 540. The molecule has 0 aliphatic rings. The molecule has 9 heteroatoms. The van der Waals surface area contributed by atoms with Gasteiger partial charge in [-0.3, -0.25) is 10.9 Å². The summed E-state index contributed by atoms with van der Waals surface area (Å²) < 4.78 is 0. The molecule has 106 valence electrons. The van der Waals surface area contributed by atoms with Crippen LogP contribution in [0.5, 0.6) is 0 Å². The summed E-state index contributed by atoms with van der Waals surface area (Å²) >= 11 is 4.85.